The number of aromatic nitrogens is 2. The monoisotopic (exact) mass is 476 g/mol. The number of nitrogens with zero attached hydrogens (tertiary/aromatic N) is 6. The molecule has 0 amide bonds. The number of piperazine rings is 2. The maximum Gasteiger partial charge on any atom is 0.243 e. The Morgan fingerprint density at radius 1 is 0.788 bits per heavy atom. The number of rotatable bonds is 7. The van der Waals surface area contributed by atoms with E-state index in [0.717, 1.165) is 44.4 Å². The molecule has 0 atom stereocenters. The summed E-state index contributed by atoms with van der Waals surface area (Å²) in [5.74, 6) is 2.55. The molecule has 0 unspecified atom stereocenters. The van der Waals surface area contributed by atoms with Gasteiger partial charge in [-0.3, -0.25) is 0 Å². The van der Waals surface area contributed by atoms with Crippen molar-refractivity contribution in [3.63, 3.8) is 0 Å². The molecule has 1 aromatic carbocycles. The van der Waals surface area contributed by atoms with Gasteiger partial charge in [0.1, 0.15) is 0 Å². The Morgan fingerprint density at radius 3 is 1.82 bits per heavy atom. The molecule has 0 N–H and O–H groups in total. The minimum absolute atomic E-state index is 0.195. The summed E-state index contributed by atoms with van der Waals surface area (Å²) in [4.78, 5) is 6.96. The molecular weight excluding hydrogens is 444 g/mol. The van der Waals surface area contributed by atoms with Crippen LogP contribution in [-0.4, -0.2) is 101 Å². The molecule has 2 saturated heterocycles. The number of likely N-dealkylation sites (N-methyl/N-ethyl adjacent to an activating group) is 1. The highest BCUT2D eigenvalue weighted by Gasteiger charge is 2.30. The van der Waals surface area contributed by atoms with Gasteiger partial charge in [0.15, 0.2) is 23.1 Å². The van der Waals surface area contributed by atoms with Crippen LogP contribution in [-0.2, 0) is 10.0 Å². The number of methoxy groups -OCH3 is 2. The first-order chi connectivity index (χ1) is 16.0. The highest BCUT2D eigenvalue weighted by molar-refractivity contribution is 7.89. The van der Waals surface area contributed by atoms with E-state index in [2.05, 4.69) is 31.8 Å². The summed E-state index contributed by atoms with van der Waals surface area (Å²) < 4.78 is 38.2. The Hall–Kier alpha value is -2.63. The lowest BCUT2D eigenvalue weighted by Crippen LogP contribution is -2.49. The Balaban J connectivity index is 1.37. The molecule has 1 aromatic heterocycles. The molecule has 0 saturated carbocycles. The minimum atomic E-state index is -3.63. The molecule has 3 heterocycles. The molecule has 0 radical (unpaired) electrons. The van der Waals surface area contributed by atoms with Crippen LogP contribution in [0.15, 0.2) is 35.2 Å². The van der Waals surface area contributed by atoms with Crippen molar-refractivity contribution in [3.8, 4) is 11.5 Å². The third-order valence-electron chi connectivity index (χ3n) is 6.34. The van der Waals surface area contributed by atoms with Crippen molar-refractivity contribution in [3.05, 3.63) is 30.3 Å². The van der Waals surface area contributed by atoms with Crippen molar-refractivity contribution in [1.29, 1.82) is 0 Å². The molecule has 2 aliphatic rings. The van der Waals surface area contributed by atoms with Gasteiger partial charge in [-0.2, -0.15) is 4.31 Å². The van der Waals surface area contributed by atoms with Crippen LogP contribution >= 0.6 is 0 Å². The highest BCUT2D eigenvalue weighted by Crippen LogP contribution is 2.31. The van der Waals surface area contributed by atoms with E-state index in [-0.39, 0.29) is 4.90 Å². The third-order valence-corrected chi connectivity index (χ3v) is 8.23. The summed E-state index contributed by atoms with van der Waals surface area (Å²) in [6.45, 7) is 9.09. The average molecular weight is 477 g/mol. The van der Waals surface area contributed by atoms with Gasteiger partial charge in [0.25, 0.3) is 0 Å². The van der Waals surface area contributed by atoms with Gasteiger partial charge in [-0.05, 0) is 30.8 Å². The van der Waals surface area contributed by atoms with E-state index < -0.39 is 10.0 Å². The van der Waals surface area contributed by atoms with Gasteiger partial charge in [0, 0.05) is 58.4 Å². The zero-order valence-electron chi connectivity index (χ0n) is 19.5. The summed E-state index contributed by atoms with van der Waals surface area (Å²) in [6.07, 6.45) is 0. The summed E-state index contributed by atoms with van der Waals surface area (Å²) in [5.41, 5.74) is 0. The van der Waals surface area contributed by atoms with E-state index in [4.69, 9.17) is 9.47 Å². The fourth-order valence-corrected chi connectivity index (χ4v) is 5.67. The summed E-state index contributed by atoms with van der Waals surface area (Å²) in [6, 6.07) is 8.66. The second-order valence-electron chi connectivity index (χ2n) is 8.08. The smallest absolute Gasteiger partial charge is 0.243 e. The van der Waals surface area contributed by atoms with Crippen LogP contribution in [0.3, 0.4) is 0 Å². The molecule has 0 spiro atoms. The van der Waals surface area contributed by atoms with Crippen LogP contribution < -0.4 is 19.3 Å². The van der Waals surface area contributed by atoms with E-state index >= 15 is 0 Å². The normalized spacial score (nSPS) is 18.4. The summed E-state index contributed by atoms with van der Waals surface area (Å²) >= 11 is 0. The lowest BCUT2D eigenvalue weighted by Gasteiger charge is -2.35. The van der Waals surface area contributed by atoms with Gasteiger partial charge in [-0.15, -0.1) is 10.2 Å². The van der Waals surface area contributed by atoms with Crippen LogP contribution in [0.4, 0.5) is 11.6 Å². The minimum Gasteiger partial charge on any atom is -0.493 e. The third kappa shape index (κ3) is 4.99. The Kier molecular flexibility index (Phi) is 7.20. The van der Waals surface area contributed by atoms with Crippen LogP contribution in [0.2, 0.25) is 0 Å². The topological polar surface area (TPSA) is 91.3 Å². The highest BCUT2D eigenvalue weighted by atomic mass is 32.2. The molecule has 2 aliphatic heterocycles. The van der Waals surface area contributed by atoms with E-state index in [1.165, 1.54) is 24.6 Å². The number of ether oxygens (including phenoxy) is 2. The summed E-state index contributed by atoms with van der Waals surface area (Å²) in [5, 5.41) is 8.86. The predicted octanol–water partition coefficient (Wildman–Crippen LogP) is 1.15. The Morgan fingerprint density at radius 2 is 1.33 bits per heavy atom. The SMILES string of the molecule is CCN1CCN(c2ccc(N3CCN(S(=O)(=O)c4ccc(OC)c(OC)c4)CC3)nn2)CC1. The van der Waals surface area contributed by atoms with Gasteiger partial charge >= 0.3 is 0 Å². The average Bonchev–Trinajstić information content (AvgIpc) is 2.88. The molecule has 33 heavy (non-hydrogen) atoms. The number of sulfonamides is 1. The number of hydrogen-bond donors (Lipinski definition) is 0. The second-order valence-corrected chi connectivity index (χ2v) is 10.0. The first-order valence-electron chi connectivity index (χ1n) is 11.2. The van der Waals surface area contributed by atoms with Crippen molar-refractivity contribution in [2.45, 2.75) is 11.8 Å². The lowest BCUT2D eigenvalue weighted by atomic mass is 10.3. The van der Waals surface area contributed by atoms with Crippen molar-refractivity contribution in [2.24, 2.45) is 0 Å². The Bertz CT molecular complexity index is 1030. The van der Waals surface area contributed by atoms with Crippen molar-refractivity contribution in [2.75, 3.05) is 82.9 Å². The quantitative estimate of drug-likeness (QED) is 0.583. The van der Waals surface area contributed by atoms with Crippen LogP contribution in [0.25, 0.3) is 0 Å². The maximum atomic E-state index is 13.1. The van der Waals surface area contributed by atoms with Gasteiger partial charge in [-0.1, -0.05) is 6.92 Å². The summed E-state index contributed by atoms with van der Waals surface area (Å²) in [7, 11) is -0.617. The first kappa shape index (κ1) is 23.5. The van der Waals surface area contributed by atoms with Gasteiger partial charge < -0.3 is 24.2 Å². The lowest BCUT2D eigenvalue weighted by molar-refractivity contribution is 0.270. The fraction of sp³-hybridized carbons (Fsp3) is 0.545. The van der Waals surface area contributed by atoms with Crippen LogP contribution in [0, 0.1) is 0 Å². The molecule has 4 rings (SSSR count). The van der Waals surface area contributed by atoms with Gasteiger partial charge in [0.05, 0.1) is 19.1 Å². The zero-order chi connectivity index (χ0) is 23.4. The molecule has 0 bridgehead atoms. The Labute approximate surface area is 195 Å². The molecule has 2 fully saturated rings. The standard InChI is InChI=1S/C22H32N6O4S/c1-4-25-9-11-26(12-10-25)21-7-8-22(24-23-21)27-13-15-28(16-14-27)33(29,30)18-5-6-19(31-2)20(17-18)32-3/h5-8,17H,4,9-16H2,1-3H3. The first-order valence-corrected chi connectivity index (χ1v) is 12.7. The second kappa shape index (κ2) is 10.1. The molecular formula is C22H32N6O4S. The maximum absolute atomic E-state index is 13.1. The number of benzene rings is 1. The number of anilines is 2. The number of hydrogen-bond acceptors (Lipinski definition) is 9. The van der Waals surface area contributed by atoms with Crippen molar-refractivity contribution < 1.29 is 17.9 Å². The van der Waals surface area contributed by atoms with Crippen molar-refractivity contribution in [1.82, 2.24) is 19.4 Å². The van der Waals surface area contributed by atoms with Crippen LogP contribution in [0.1, 0.15) is 6.92 Å². The fourth-order valence-electron chi connectivity index (χ4n) is 4.23. The molecule has 11 heteroatoms. The van der Waals surface area contributed by atoms with Crippen LogP contribution in [0.5, 0.6) is 11.5 Å². The zero-order valence-corrected chi connectivity index (χ0v) is 20.3. The molecule has 10 nitrogen and oxygen atoms in total. The predicted molar refractivity (Wildman–Crippen MR) is 127 cm³/mol. The molecule has 2 aromatic rings. The van der Waals surface area contributed by atoms with Gasteiger partial charge in [0.2, 0.25) is 10.0 Å². The van der Waals surface area contributed by atoms with E-state index in [9.17, 15) is 8.42 Å². The largest absolute Gasteiger partial charge is 0.493 e. The molecule has 0 aliphatic carbocycles. The van der Waals surface area contributed by atoms with Gasteiger partial charge in [-0.25, -0.2) is 8.42 Å². The van der Waals surface area contributed by atoms with E-state index in [0.29, 0.717) is 37.7 Å². The molecule has 180 valence electrons. The van der Waals surface area contributed by atoms with E-state index in [1.54, 1.807) is 12.1 Å². The van der Waals surface area contributed by atoms with Crippen molar-refractivity contribution >= 4 is 21.7 Å². The van der Waals surface area contributed by atoms with E-state index in [1.807, 2.05) is 12.1 Å².